The van der Waals surface area contributed by atoms with E-state index in [2.05, 4.69) is 56.6 Å². The fourth-order valence-electron chi connectivity index (χ4n) is 2.49. The predicted octanol–water partition coefficient (Wildman–Crippen LogP) is 2.78. The van der Waals surface area contributed by atoms with Gasteiger partial charge in [-0.05, 0) is 30.9 Å². The van der Waals surface area contributed by atoms with Gasteiger partial charge in [-0.1, -0.05) is 25.1 Å². The lowest BCUT2D eigenvalue weighted by atomic mass is 10.0. The first-order valence-corrected chi connectivity index (χ1v) is 7.17. The highest BCUT2D eigenvalue weighted by molar-refractivity contribution is 5.63. The van der Waals surface area contributed by atoms with Crippen LogP contribution in [0.25, 0.3) is 0 Å². The van der Waals surface area contributed by atoms with E-state index >= 15 is 0 Å². The first-order valence-electron chi connectivity index (χ1n) is 7.17. The van der Waals surface area contributed by atoms with Gasteiger partial charge < -0.3 is 10.2 Å². The molecule has 1 aromatic carbocycles. The topological polar surface area (TPSA) is 53.9 Å². The number of hydrogen-bond acceptors (Lipinski definition) is 5. The summed E-state index contributed by atoms with van der Waals surface area (Å²) in [5, 5.41) is 11.5. The standard InChI is InChI=1S/C15H19N5/c1-2-9-16-14-11-17-19-15(18-14)20-10-5-7-12-6-3-4-8-13(12)20/h3-4,6,8,11H,2,5,7,9-10H2,1H3,(H,16,18,19). The third-order valence-corrected chi connectivity index (χ3v) is 3.46. The van der Waals surface area contributed by atoms with Crippen LogP contribution in [0, 0.1) is 0 Å². The number of nitrogens with zero attached hydrogens (tertiary/aromatic N) is 4. The molecule has 0 bridgehead atoms. The van der Waals surface area contributed by atoms with Crippen molar-refractivity contribution in [1.29, 1.82) is 0 Å². The van der Waals surface area contributed by atoms with Crippen LogP contribution in [0.1, 0.15) is 25.3 Å². The van der Waals surface area contributed by atoms with Crippen LogP contribution in [-0.4, -0.2) is 28.3 Å². The van der Waals surface area contributed by atoms with E-state index in [1.807, 2.05) is 0 Å². The van der Waals surface area contributed by atoms with Gasteiger partial charge in [0.05, 0.1) is 6.20 Å². The number of nitrogens with one attached hydrogen (secondary N) is 1. The molecule has 0 atom stereocenters. The summed E-state index contributed by atoms with van der Waals surface area (Å²) in [4.78, 5) is 6.73. The van der Waals surface area contributed by atoms with Gasteiger partial charge in [-0.3, -0.25) is 0 Å². The number of fused-ring (bicyclic) bond motifs is 1. The molecule has 1 aliphatic rings. The van der Waals surface area contributed by atoms with E-state index in [4.69, 9.17) is 0 Å². The highest BCUT2D eigenvalue weighted by Gasteiger charge is 2.20. The van der Waals surface area contributed by atoms with Gasteiger partial charge >= 0.3 is 0 Å². The first kappa shape index (κ1) is 12.8. The maximum Gasteiger partial charge on any atom is 0.251 e. The van der Waals surface area contributed by atoms with Gasteiger partial charge in [0.15, 0.2) is 5.82 Å². The van der Waals surface area contributed by atoms with Gasteiger partial charge in [0, 0.05) is 18.8 Å². The summed E-state index contributed by atoms with van der Waals surface area (Å²) in [6, 6.07) is 8.45. The fourth-order valence-corrected chi connectivity index (χ4v) is 2.49. The maximum atomic E-state index is 4.57. The summed E-state index contributed by atoms with van der Waals surface area (Å²) in [7, 11) is 0. The van der Waals surface area contributed by atoms with E-state index in [0.717, 1.165) is 38.2 Å². The Labute approximate surface area is 119 Å². The lowest BCUT2D eigenvalue weighted by Crippen LogP contribution is -2.26. The number of aromatic nitrogens is 3. The highest BCUT2D eigenvalue weighted by atomic mass is 15.3. The number of aryl methyl sites for hydroxylation is 1. The quantitative estimate of drug-likeness (QED) is 0.925. The normalized spacial score (nSPS) is 13.9. The van der Waals surface area contributed by atoms with Crippen LogP contribution in [0.2, 0.25) is 0 Å². The monoisotopic (exact) mass is 269 g/mol. The Morgan fingerprint density at radius 2 is 2.20 bits per heavy atom. The lowest BCUT2D eigenvalue weighted by Gasteiger charge is -2.29. The minimum absolute atomic E-state index is 0.679. The Morgan fingerprint density at radius 3 is 3.10 bits per heavy atom. The van der Waals surface area contributed by atoms with Crippen molar-refractivity contribution < 1.29 is 0 Å². The molecule has 0 saturated heterocycles. The molecule has 0 aliphatic carbocycles. The number of benzene rings is 1. The van der Waals surface area contributed by atoms with Gasteiger partial charge in [0.2, 0.25) is 0 Å². The molecule has 0 radical (unpaired) electrons. The summed E-state index contributed by atoms with van der Waals surface area (Å²) in [5.74, 6) is 1.47. The van der Waals surface area contributed by atoms with Crippen LogP contribution in [-0.2, 0) is 6.42 Å². The lowest BCUT2D eigenvalue weighted by molar-refractivity contribution is 0.741. The molecule has 0 fully saturated rings. The van der Waals surface area contributed by atoms with Crippen molar-refractivity contribution in [3.05, 3.63) is 36.0 Å². The van der Waals surface area contributed by atoms with E-state index in [1.165, 1.54) is 11.3 Å². The summed E-state index contributed by atoms with van der Waals surface area (Å²) < 4.78 is 0. The molecule has 20 heavy (non-hydrogen) atoms. The van der Waals surface area contributed by atoms with Crippen molar-refractivity contribution in [2.75, 3.05) is 23.3 Å². The summed E-state index contributed by atoms with van der Waals surface area (Å²) in [6.45, 7) is 3.97. The second-order valence-corrected chi connectivity index (χ2v) is 4.95. The molecule has 5 nitrogen and oxygen atoms in total. The number of anilines is 3. The number of hydrogen-bond donors (Lipinski definition) is 1. The van der Waals surface area contributed by atoms with Gasteiger partial charge in [0.25, 0.3) is 5.95 Å². The van der Waals surface area contributed by atoms with Crippen molar-refractivity contribution >= 4 is 17.5 Å². The molecule has 1 aliphatic heterocycles. The largest absolute Gasteiger partial charge is 0.369 e. The molecular formula is C15H19N5. The third kappa shape index (κ3) is 2.57. The van der Waals surface area contributed by atoms with Crippen LogP contribution >= 0.6 is 0 Å². The minimum atomic E-state index is 0.679. The fraction of sp³-hybridized carbons (Fsp3) is 0.400. The zero-order chi connectivity index (χ0) is 13.8. The smallest absolute Gasteiger partial charge is 0.251 e. The Kier molecular flexibility index (Phi) is 3.76. The zero-order valence-electron chi connectivity index (χ0n) is 11.7. The van der Waals surface area contributed by atoms with E-state index in [9.17, 15) is 0 Å². The SMILES string of the molecule is CCCNc1cnnc(N2CCCc3ccccc32)n1. The average molecular weight is 269 g/mol. The van der Waals surface area contributed by atoms with Crippen LogP contribution < -0.4 is 10.2 Å². The summed E-state index contributed by atoms with van der Waals surface area (Å²) in [5.41, 5.74) is 2.56. The van der Waals surface area contributed by atoms with E-state index in [-0.39, 0.29) is 0 Å². The second-order valence-electron chi connectivity index (χ2n) is 4.95. The Balaban J connectivity index is 1.90. The maximum absolute atomic E-state index is 4.57. The van der Waals surface area contributed by atoms with E-state index in [1.54, 1.807) is 6.20 Å². The molecule has 3 rings (SSSR count). The average Bonchev–Trinajstić information content (AvgIpc) is 2.52. The molecular weight excluding hydrogens is 250 g/mol. The predicted molar refractivity (Wildman–Crippen MR) is 80.4 cm³/mol. The molecule has 1 aromatic heterocycles. The Morgan fingerprint density at radius 1 is 1.30 bits per heavy atom. The van der Waals surface area contributed by atoms with Gasteiger partial charge in [-0.25, -0.2) is 0 Å². The van der Waals surface area contributed by atoms with Crippen molar-refractivity contribution in [2.45, 2.75) is 26.2 Å². The third-order valence-electron chi connectivity index (χ3n) is 3.46. The first-order chi connectivity index (χ1) is 9.88. The van der Waals surface area contributed by atoms with Crippen LogP contribution in [0.5, 0.6) is 0 Å². The number of para-hydroxylation sites is 1. The highest BCUT2D eigenvalue weighted by Crippen LogP contribution is 2.31. The number of rotatable bonds is 4. The second kappa shape index (κ2) is 5.86. The van der Waals surface area contributed by atoms with Crippen molar-refractivity contribution in [3.63, 3.8) is 0 Å². The molecule has 2 aromatic rings. The Bertz CT molecular complexity index is 584. The van der Waals surface area contributed by atoms with Crippen molar-refractivity contribution in [2.24, 2.45) is 0 Å². The zero-order valence-corrected chi connectivity index (χ0v) is 11.7. The molecule has 0 amide bonds. The molecule has 2 heterocycles. The van der Waals surface area contributed by atoms with Gasteiger partial charge in [-0.2, -0.15) is 10.1 Å². The summed E-state index contributed by atoms with van der Waals surface area (Å²) in [6.07, 6.45) is 4.97. The minimum Gasteiger partial charge on any atom is -0.369 e. The van der Waals surface area contributed by atoms with Crippen molar-refractivity contribution in [1.82, 2.24) is 15.2 Å². The molecule has 0 unspecified atom stereocenters. The van der Waals surface area contributed by atoms with E-state index in [0.29, 0.717) is 5.95 Å². The van der Waals surface area contributed by atoms with E-state index < -0.39 is 0 Å². The van der Waals surface area contributed by atoms with Crippen LogP contribution in [0.4, 0.5) is 17.5 Å². The van der Waals surface area contributed by atoms with Crippen LogP contribution in [0.3, 0.4) is 0 Å². The van der Waals surface area contributed by atoms with Crippen molar-refractivity contribution in [3.8, 4) is 0 Å². The molecule has 104 valence electrons. The molecule has 1 N–H and O–H groups in total. The van der Waals surface area contributed by atoms with Gasteiger partial charge in [-0.15, -0.1) is 5.10 Å². The van der Waals surface area contributed by atoms with Gasteiger partial charge in [0.1, 0.15) is 0 Å². The Hall–Kier alpha value is -2.17. The molecule has 0 saturated carbocycles. The van der Waals surface area contributed by atoms with Crippen LogP contribution in [0.15, 0.2) is 30.5 Å². The molecule has 5 heteroatoms. The molecule has 0 spiro atoms. The summed E-state index contributed by atoms with van der Waals surface area (Å²) >= 11 is 0.